The number of halogens is 2. The summed E-state index contributed by atoms with van der Waals surface area (Å²) in [5.74, 6) is 0.494. The van der Waals surface area contributed by atoms with Crippen molar-refractivity contribution < 1.29 is 9.18 Å². The first-order valence-electron chi connectivity index (χ1n) is 7.45. The molecule has 0 saturated heterocycles. The van der Waals surface area contributed by atoms with Gasteiger partial charge in [0.25, 0.3) is 0 Å². The minimum atomic E-state index is -0.479. The van der Waals surface area contributed by atoms with Gasteiger partial charge in [-0.15, -0.1) is 0 Å². The van der Waals surface area contributed by atoms with Crippen LogP contribution >= 0.6 is 11.6 Å². The SMILES string of the molecule is CC1CCCC(NCC(=O)Nc2cc(Cl)ccc2F)C1C. The van der Waals surface area contributed by atoms with Crippen molar-refractivity contribution in [3.8, 4) is 0 Å². The van der Waals surface area contributed by atoms with Crippen LogP contribution in [0, 0.1) is 17.7 Å². The Morgan fingerprint density at radius 3 is 2.90 bits per heavy atom. The van der Waals surface area contributed by atoms with E-state index in [0.29, 0.717) is 22.9 Å². The fourth-order valence-corrected chi connectivity index (χ4v) is 3.05. The first-order chi connectivity index (χ1) is 9.97. The monoisotopic (exact) mass is 312 g/mol. The molecule has 1 aliphatic carbocycles. The highest BCUT2D eigenvalue weighted by Crippen LogP contribution is 2.29. The van der Waals surface area contributed by atoms with Gasteiger partial charge in [0.1, 0.15) is 5.82 Å². The summed E-state index contributed by atoms with van der Waals surface area (Å²) >= 11 is 5.80. The van der Waals surface area contributed by atoms with E-state index in [1.165, 1.54) is 31.0 Å². The van der Waals surface area contributed by atoms with Gasteiger partial charge in [0.15, 0.2) is 0 Å². The molecule has 1 amide bonds. The second kappa shape index (κ2) is 7.23. The van der Waals surface area contributed by atoms with Crippen molar-refractivity contribution in [3.63, 3.8) is 0 Å². The number of hydrogen-bond acceptors (Lipinski definition) is 2. The van der Waals surface area contributed by atoms with Gasteiger partial charge in [-0.2, -0.15) is 0 Å². The number of hydrogen-bond donors (Lipinski definition) is 2. The molecule has 3 unspecified atom stereocenters. The number of carbonyl (C=O) groups excluding carboxylic acids is 1. The Labute approximate surface area is 130 Å². The third-order valence-electron chi connectivity index (χ3n) is 4.43. The zero-order valence-electron chi connectivity index (χ0n) is 12.5. The molecule has 116 valence electrons. The molecular formula is C16H22ClFN2O. The molecule has 1 saturated carbocycles. The molecule has 1 aromatic rings. The molecule has 1 fully saturated rings. The molecule has 3 atom stereocenters. The summed E-state index contributed by atoms with van der Waals surface area (Å²) in [5.41, 5.74) is 0.124. The van der Waals surface area contributed by atoms with Crippen LogP contribution in [0.4, 0.5) is 10.1 Å². The van der Waals surface area contributed by atoms with E-state index in [1.807, 2.05) is 0 Å². The second-order valence-corrected chi connectivity index (χ2v) is 6.36. The summed E-state index contributed by atoms with van der Waals surface area (Å²) < 4.78 is 13.5. The Bertz CT molecular complexity index is 509. The maximum atomic E-state index is 13.5. The molecule has 0 bridgehead atoms. The Hall–Kier alpha value is -1.13. The first-order valence-corrected chi connectivity index (χ1v) is 7.83. The number of anilines is 1. The van der Waals surface area contributed by atoms with Crippen LogP contribution in [0.2, 0.25) is 5.02 Å². The first kappa shape index (κ1) is 16.2. The van der Waals surface area contributed by atoms with Gasteiger partial charge in [0, 0.05) is 11.1 Å². The van der Waals surface area contributed by atoms with Gasteiger partial charge >= 0.3 is 0 Å². The van der Waals surface area contributed by atoms with Crippen LogP contribution in [-0.2, 0) is 4.79 Å². The van der Waals surface area contributed by atoms with Gasteiger partial charge in [-0.25, -0.2) is 4.39 Å². The lowest BCUT2D eigenvalue weighted by Gasteiger charge is -2.34. The third-order valence-corrected chi connectivity index (χ3v) is 4.67. The molecule has 5 heteroatoms. The molecule has 2 N–H and O–H groups in total. The fourth-order valence-electron chi connectivity index (χ4n) is 2.88. The summed E-state index contributed by atoms with van der Waals surface area (Å²) in [7, 11) is 0. The fraction of sp³-hybridized carbons (Fsp3) is 0.562. The Balaban J connectivity index is 1.86. The van der Waals surface area contributed by atoms with Gasteiger partial charge < -0.3 is 10.6 Å². The predicted octanol–water partition coefficient (Wildman–Crippen LogP) is 3.83. The minimum absolute atomic E-state index is 0.124. The highest BCUT2D eigenvalue weighted by molar-refractivity contribution is 6.30. The number of benzene rings is 1. The Kier molecular flexibility index (Phi) is 5.59. The minimum Gasteiger partial charge on any atom is -0.322 e. The van der Waals surface area contributed by atoms with Crippen LogP contribution in [-0.4, -0.2) is 18.5 Å². The quantitative estimate of drug-likeness (QED) is 0.887. The van der Waals surface area contributed by atoms with E-state index in [9.17, 15) is 9.18 Å². The van der Waals surface area contributed by atoms with Crippen molar-refractivity contribution in [3.05, 3.63) is 29.0 Å². The highest BCUT2D eigenvalue weighted by Gasteiger charge is 2.26. The second-order valence-electron chi connectivity index (χ2n) is 5.93. The third kappa shape index (κ3) is 4.42. The molecule has 0 spiro atoms. The Morgan fingerprint density at radius 1 is 1.38 bits per heavy atom. The summed E-state index contributed by atoms with van der Waals surface area (Å²) in [6, 6.07) is 4.47. The van der Waals surface area contributed by atoms with Crippen molar-refractivity contribution in [1.29, 1.82) is 0 Å². The summed E-state index contributed by atoms with van der Waals surface area (Å²) in [5, 5.41) is 6.24. The number of rotatable bonds is 4. The van der Waals surface area contributed by atoms with Crippen molar-refractivity contribution in [2.45, 2.75) is 39.2 Å². The average Bonchev–Trinajstić information content (AvgIpc) is 2.44. The molecule has 1 aromatic carbocycles. The van der Waals surface area contributed by atoms with Gasteiger partial charge in [0.2, 0.25) is 5.91 Å². The number of amides is 1. The lowest BCUT2D eigenvalue weighted by atomic mass is 9.78. The van der Waals surface area contributed by atoms with Crippen molar-refractivity contribution >= 4 is 23.2 Å². The van der Waals surface area contributed by atoms with Crippen LogP contribution in [0.15, 0.2) is 18.2 Å². The van der Waals surface area contributed by atoms with Gasteiger partial charge in [-0.1, -0.05) is 38.3 Å². The van der Waals surface area contributed by atoms with E-state index in [-0.39, 0.29) is 18.1 Å². The summed E-state index contributed by atoms with van der Waals surface area (Å²) in [6.07, 6.45) is 3.53. The molecule has 21 heavy (non-hydrogen) atoms. The molecule has 0 heterocycles. The highest BCUT2D eigenvalue weighted by atomic mass is 35.5. The summed E-state index contributed by atoms with van der Waals surface area (Å²) in [4.78, 5) is 11.9. The number of carbonyl (C=O) groups is 1. The van der Waals surface area contributed by atoms with Crippen LogP contribution in [0.3, 0.4) is 0 Å². The van der Waals surface area contributed by atoms with E-state index >= 15 is 0 Å². The molecule has 0 radical (unpaired) electrons. The maximum absolute atomic E-state index is 13.5. The van der Waals surface area contributed by atoms with Gasteiger partial charge in [-0.05, 0) is 36.5 Å². The summed E-state index contributed by atoms with van der Waals surface area (Å²) in [6.45, 7) is 4.66. The molecule has 3 nitrogen and oxygen atoms in total. The smallest absolute Gasteiger partial charge is 0.238 e. The number of nitrogens with one attached hydrogen (secondary N) is 2. The molecule has 1 aliphatic rings. The zero-order chi connectivity index (χ0) is 15.4. The van der Waals surface area contributed by atoms with E-state index in [0.717, 1.165) is 6.42 Å². The molecule has 2 rings (SSSR count). The molecule has 0 aromatic heterocycles. The lowest BCUT2D eigenvalue weighted by molar-refractivity contribution is -0.115. The largest absolute Gasteiger partial charge is 0.322 e. The maximum Gasteiger partial charge on any atom is 0.238 e. The predicted molar refractivity (Wildman–Crippen MR) is 84.0 cm³/mol. The van der Waals surface area contributed by atoms with Crippen LogP contribution in [0.25, 0.3) is 0 Å². The van der Waals surface area contributed by atoms with Gasteiger partial charge in [0.05, 0.1) is 12.2 Å². The average molecular weight is 313 g/mol. The van der Waals surface area contributed by atoms with Crippen molar-refractivity contribution in [1.82, 2.24) is 5.32 Å². The van der Waals surface area contributed by atoms with E-state index in [2.05, 4.69) is 24.5 Å². The topological polar surface area (TPSA) is 41.1 Å². The van der Waals surface area contributed by atoms with Crippen LogP contribution in [0.5, 0.6) is 0 Å². The molecule has 0 aliphatic heterocycles. The van der Waals surface area contributed by atoms with Crippen LogP contribution < -0.4 is 10.6 Å². The van der Waals surface area contributed by atoms with E-state index in [1.54, 1.807) is 0 Å². The van der Waals surface area contributed by atoms with E-state index < -0.39 is 5.82 Å². The van der Waals surface area contributed by atoms with Gasteiger partial charge in [-0.3, -0.25) is 4.79 Å². The standard InChI is InChI=1S/C16H22ClFN2O/c1-10-4-3-5-14(11(10)2)19-9-16(21)20-15-8-12(17)6-7-13(15)18/h6-8,10-11,14,19H,3-5,9H2,1-2H3,(H,20,21). The molecular weight excluding hydrogens is 291 g/mol. The Morgan fingerprint density at radius 2 is 2.14 bits per heavy atom. The zero-order valence-corrected chi connectivity index (χ0v) is 13.2. The van der Waals surface area contributed by atoms with Crippen molar-refractivity contribution in [2.24, 2.45) is 11.8 Å². The van der Waals surface area contributed by atoms with Crippen LogP contribution in [0.1, 0.15) is 33.1 Å². The van der Waals surface area contributed by atoms with E-state index in [4.69, 9.17) is 11.6 Å². The normalized spacial score (nSPS) is 25.6. The lowest BCUT2D eigenvalue weighted by Crippen LogP contribution is -2.43. The van der Waals surface area contributed by atoms with Crippen molar-refractivity contribution in [2.75, 3.05) is 11.9 Å².